The molecule has 25 heavy (non-hydrogen) atoms. The Bertz CT molecular complexity index is 628. The van der Waals surface area contributed by atoms with Crippen molar-refractivity contribution in [3.8, 4) is 0 Å². The molecule has 136 valence electrons. The van der Waals surface area contributed by atoms with Gasteiger partial charge in [0.1, 0.15) is 5.16 Å². The minimum atomic E-state index is -0.473. The van der Waals surface area contributed by atoms with Crippen LogP contribution in [0.3, 0.4) is 0 Å². The number of allylic oxidation sites excluding steroid dienone is 2. The first-order valence-corrected chi connectivity index (χ1v) is 12.4. The van der Waals surface area contributed by atoms with Gasteiger partial charge in [0.05, 0.1) is 11.3 Å². The molecule has 0 spiro atoms. The van der Waals surface area contributed by atoms with Crippen LogP contribution in [0.4, 0.5) is 0 Å². The van der Waals surface area contributed by atoms with E-state index in [4.69, 9.17) is 0 Å². The molecule has 1 atom stereocenters. The second-order valence-electron chi connectivity index (χ2n) is 9.05. The molecule has 3 aliphatic rings. The molecule has 1 aromatic carbocycles. The number of hydrogen-bond acceptors (Lipinski definition) is 0. The van der Waals surface area contributed by atoms with Gasteiger partial charge in [-0.25, -0.2) is 0 Å². The van der Waals surface area contributed by atoms with Gasteiger partial charge in [-0.15, -0.1) is 0 Å². The largest absolute Gasteiger partial charge is 0.122 e. The maximum Gasteiger partial charge on any atom is 0.122 e. The molecule has 0 nitrogen and oxygen atoms in total. The highest BCUT2D eigenvalue weighted by atomic mass is 31.1. The summed E-state index contributed by atoms with van der Waals surface area (Å²) >= 11 is 0. The summed E-state index contributed by atoms with van der Waals surface area (Å²) < 4.78 is 0. The summed E-state index contributed by atoms with van der Waals surface area (Å²) in [6, 6.07) is 9.41. The molecule has 0 N–H and O–H groups in total. The summed E-state index contributed by atoms with van der Waals surface area (Å²) in [5.74, 6) is 0. The van der Waals surface area contributed by atoms with Crippen molar-refractivity contribution in [1.29, 1.82) is 0 Å². The van der Waals surface area contributed by atoms with Crippen molar-refractivity contribution >= 4 is 13.5 Å². The third-order valence-corrected chi connectivity index (χ3v) is 12.6. The fourth-order valence-electron chi connectivity index (χ4n) is 6.37. The number of fused-ring (bicyclic) bond motifs is 1. The zero-order valence-corrected chi connectivity index (χ0v) is 17.5. The van der Waals surface area contributed by atoms with Crippen LogP contribution in [-0.4, -0.2) is 11.3 Å². The fourth-order valence-corrected chi connectivity index (χ4v) is 11.9. The predicted molar refractivity (Wildman–Crippen MR) is 114 cm³/mol. The second kappa shape index (κ2) is 7.19. The quantitative estimate of drug-likeness (QED) is 0.490. The zero-order valence-electron chi connectivity index (χ0n) is 16.5. The Morgan fingerprint density at radius 1 is 0.800 bits per heavy atom. The van der Waals surface area contributed by atoms with Gasteiger partial charge in [-0.3, -0.25) is 0 Å². The van der Waals surface area contributed by atoms with E-state index in [0.717, 1.165) is 11.3 Å². The van der Waals surface area contributed by atoms with E-state index in [1.807, 2.05) is 0 Å². The van der Waals surface area contributed by atoms with Crippen molar-refractivity contribution in [2.45, 2.75) is 101 Å². The molecule has 0 amide bonds. The summed E-state index contributed by atoms with van der Waals surface area (Å²) in [7, 11) is -0.473. The van der Waals surface area contributed by atoms with Crippen LogP contribution < -0.4 is 0 Å². The van der Waals surface area contributed by atoms with E-state index in [2.05, 4.69) is 45.0 Å². The summed E-state index contributed by atoms with van der Waals surface area (Å²) in [4.78, 5) is 0. The van der Waals surface area contributed by atoms with Gasteiger partial charge in [-0.05, 0) is 88.8 Å². The van der Waals surface area contributed by atoms with E-state index < -0.39 is 7.92 Å². The molecule has 2 saturated carbocycles. The maximum absolute atomic E-state index is 2.66. The van der Waals surface area contributed by atoms with E-state index in [9.17, 15) is 0 Å². The number of rotatable bonds is 3. The summed E-state index contributed by atoms with van der Waals surface area (Å²) in [6.07, 6.45) is 15.0. The minimum Gasteiger partial charge on any atom is -0.0618 e. The minimum absolute atomic E-state index is 0.370. The summed E-state index contributed by atoms with van der Waals surface area (Å²) in [6.45, 7) is 7.53. The Hall–Kier alpha value is -0.610. The lowest BCUT2D eigenvalue weighted by atomic mass is 9.97. The van der Waals surface area contributed by atoms with Crippen molar-refractivity contribution < 1.29 is 0 Å². The summed E-state index contributed by atoms with van der Waals surface area (Å²) in [5, 5.41) is 0.370. The average molecular weight is 356 g/mol. The van der Waals surface area contributed by atoms with Crippen LogP contribution >= 0.6 is 7.92 Å². The van der Waals surface area contributed by atoms with Gasteiger partial charge in [0.25, 0.3) is 0 Å². The molecule has 4 rings (SSSR count). The van der Waals surface area contributed by atoms with Crippen molar-refractivity contribution in [2.75, 3.05) is 0 Å². The topological polar surface area (TPSA) is 0 Å². The molecule has 1 aromatic rings. The van der Waals surface area contributed by atoms with E-state index in [1.165, 1.54) is 64.2 Å². The van der Waals surface area contributed by atoms with Gasteiger partial charge in [-0.1, -0.05) is 37.1 Å². The van der Waals surface area contributed by atoms with Crippen LogP contribution in [0.15, 0.2) is 29.8 Å². The van der Waals surface area contributed by atoms with Gasteiger partial charge >= 0.3 is 0 Å². The Morgan fingerprint density at radius 3 is 1.88 bits per heavy atom. The van der Waals surface area contributed by atoms with Crippen molar-refractivity contribution in [3.05, 3.63) is 41.0 Å². The Labute approximate surface area is 156 Å². The molecule has 0 aliphatic heterocycles. The van der Waals surface area contributed by atoms with Gasteiger partial charge in [0.15, 0.2) is 0 Å². The SMILES string of the molecule is CC1=C(C)C(C)([PH+](C2CCCCC2)C2CCCCC2)c2ccccc21. The Morgan fingerprint density at radius 2 is 1.32 bits per heavy atom. The van der Waals surface area contributed by atoms with Crippen LogP contribution in [0.2, 0.25) is 0 Å². The monoisotopic (exact) mass is 355 g/mol. The molecule has 0 saturated heterocycles. The highest BCUT2D eigenvalue weighted by Crippen LogP contribution is 2.72. The Kier molecular flexibility index (Phi) is 5.11. The van der Waals surface area contributed by atoms with E-state index >= 15 is 0 Å². The molecule has 0 heterocycles. The molecule has 1 unspecified atom stereocenters. The summed E-state index contributed by atoms with van der Waals surface area (Å²) in [5.41, 5.74) is 8.65. The zero-order chi connectivity index (χ0) is 17.4. The molecule has 1 heteroatoms. The molecule has 2 fully saturated rings. The molecule has 0 radical (unpaired) electrons. The number of hydrogen-bond donors (Lipinski definition) is 0. The van der Waals surface area contributed by atoms with E-state index in [-0.39, 0.29) is 0 Å². The van der Waals surface area contributed by atoms with Crippen LogP contribution in [0.1, 0.15) is 96.1 Å². The van der Waals surface area contributed by atoms with Crippen LogP contribution in [0.25, 0.3) is 5.57 Å². The smallest absolute Gasteiger partial charge is 0.0618 e. The van der Waals surface area contributed by atoms with Crippen molar-refractivity contribution in [3.63, 3.8) is 0 Å². The van der Waals surface area contributed by atoms with E-state index in [0.29, 0.717) is 5.16 Å². The standard InChI is InChI=1S/C24H35P/c1-18-19(2)24(3,23-17-11-10-16-22(18)23)25(20-12-6-4-7-13-20)21-14-8-5-9-15-21/h10-11,16-17,20-21H,4-9,12-15H2,1-3H3/p+1. The highest BCUT2D eigenvalue weighted by molar-refractivity contribution is 7.60. The fraction of sp³-hybridized carbons (Fsp3) is 0.667. The first-order chi connectivity index (χ1) is 12.1. The first kappa shape index (κ1) is 17.8. The van der Waals surface area contributed by atoms with Gasteiger partial charge in [-0.2, -0.15) is 0 Å². The molecular formula is C24H36P+. The molecule has 0 bridgehead atoms. The van der Waals surface area contributed by atoms with Crippen LogP contribution in [-0.2, 0) is 5.16 Å². The van der Waals surface area contributed by atoms with Crippen LogP contribution in [0, 0.1) is 0 Å². The van der Waals surface area contributed by atoms with Gasteiger partial charge in [0.2, 0.25) is 0 Å². The lowest BCUT2D eigenvalue weighted by molar-refractivity contribution is 0.476. The van der Waals surface area contributed by atoms with Crippen molar-refractivity contribution in [2.24, 2.45) is 0 Å². The molecule has 3 aliphatic carbocycles. The third kappa shape index (κ3) is 2.93. The lowest BCUT2D eigenvalue weighted by Gasteiger charge is -2.42. The lowest BCUT2D eigenvalue weighted by Crippen LogP contribution is -2.32. The second-order valence-corrected chi connectivity index (χ2v) is 12.6. The van der Waals surface area contributed by atoms with Crippen molar-refractivity contribution in [1.82, 2.24) is 0 Å². The Balaban J connectivity index is 1.80. The first-order valence-electron chi connectivity index (χ1n) is 10.8. The van der Waals surface area contributed by atoms with Gasteiger partial charge < -0.3 is 0 Å². The predicted octanol–water partition coefficient (Wildman–Crippen LogP) is 7.59. The molecule has 0 aromatic heterocycles. The average Bonchev–Trinajstić information content (AvgIpc) is 2.86. The highest BCUT2D eigenvalue weighted by Gasteiger charge is 2.55. The normalized spacial score (nSPS) is 28.6. The maximum atomic E-state index is 2.66. The third-order valence-electron chi connectivity index (χ3n) is 7.85. The van der Waals surface area contributed by atoms with Crippen LogP contribution in [0.5, 0.6) is 0 Å². The number of benzene rings is 1. The van der Waals surface area contributed by atoms with E-state index in [1.54, 1.807) is 22.3 Å². The van der Waals surface area contributed by atoms with Gasteiger partial charge in [0, 0.05) is 13.5 Å². The molecular weight excluding hydrogens is 319 g/mol.